The Balaban J connectivity index is 1.61. The van der Waals surface area contributed by atoms with Gasteiger partial charge in [0.15, 0.2) is 0 Å². The molecule has 0 N–H and O–H groups in total. The molecule has 2 heterocycles. The third-order valence-electron chi connectivity index (χ3n) is 4.62. The van der Waals surface area contributed by atoms with Gasteiger partial charge in [-0.2, -0.15) is 0 Å². The Morgan fingerprint density at radius 2 is 1.83 bits per heavy atom. The van der Waals surface area contributed by atoms with Crippen molar-refractivity contribution in [3.8, 4) is 11.5 Å². The third kappa shape index (κ3) is 3.42. The van der Waals surface area contributed by atoms with E-state index in [0.717, 1.165) is 44.6 Å². The monoisotopic (exact) mass is 328 g/mol. The van der Waals surface area contributed by atoms with Gasteiger partial charge in [0.25, 0.3) is 0 Å². The molecular weight excluding hydrogens is 304 g/mol. The van der Waals surface area contributed by atoms with Crippen LogP contribution in [0.4, 0.5) is 6.01 Å². The van der Waals surface area contributed by atoms with Gasteiger partial charge in [-0.15, -0.1) is 5.10 Å². The fourth-order valence-corrected chi connectivity index (χ4v) is 3.15. The molecule has 1 aromatic heterocycles. The summed E-state index contributed by atoms with van der Waals surface area (Å²) in [5.74, 6) is 0.916. The molecule has 6 heteroatoms. The van der Waals surface area contributed by atoms with Crippen molar-refractivity contribution in [3.63, 3.8) is 0 Å². The average molecular weight is 328 g/mol. The Kier molecular flexibility index (Phi) is 5.13. The first-order chi connectivity index (χ1) is 11.7. The van der Waals surface area contributed by atoms with Gasteiger partial charge in [-0.1, -0.05) is 23.3 Å². The minimum Gasteiger partial charge on any atom is -0.403 e. The number of aromatic nitrogens is 2. The zero-order chi connectivity index (χ0) is 16.9. The molecule has 0 aliphatic carbocycles. The molecule has 0 unspecified atom stereocenters. The lowest BCUT2D eigenvalue weighted by molar-refractivity contribution is -0.135. The van der Waals surface area contributed by atoms with Crippen LogP contribution < -0.4 is 4.90 Å². The molecule has 1 fully saturated rings. The minimum absolute atomic E-state index is 0.109. The van der Waals surface area contributed by atoms with Crippen LogP contribution in [-0.2, 0) is 4.79 Å². The molecule has 2 aromatic rings. The average Bonchev–Trinajstić information content (AvgIpc) is 3.14. The first kappa shape index (κ1) is 16.5. The van der Waals surface area contributed by atoms with E-state index in [9.17, 15) is 4.79 Å². The number of rotatable bonds is 5. The SMILES string of the molecule is CCN(CC)C(=O)C1CCN(c2nnc(-c3ccccc3)o2)CC1. The summed E-state index contributed by atoms with van der Waals surface area (Å²) in [6.45, 7) is 7.15. The second-order valence-electron chi connectivity index (χ2n) is 6.03. The largest absolute Gasteiger partial charge is 0.403 e. The quantitative estimate of drug-likeness (QED) is 0.844. The predicted molar refractivity (Wildman–Crippen MR) is 92.6 cm³/mol. The topological polar surface area (TPSA) is 62.5 Å². The van der Waals surface area contributed by atoms with Crippen molar-refractivity contribution in [2.75, 3.05) is 31.1 Å². The molecule has 1 saturated heterocycles. The van der Waals surface area contributed by atoms with Crippen LogP contribution in [-0.4, -0.2) is 47.2 Å². The van der Waals surface area contributed by atoms with Crippen LogP contribution in [0.2, 0.25) is 0 Å². The number of benzene rings is 1. The third-order valence-corrected chi connectivity index (χ3v) is 4.62. The highest BCUT2D eigenvalue weighted by molar-refractivity contribution is 5.79. The number of hydrogen-bond donors (Lipinski definition) is 0. The van der Waals surface area contributed by atoms with Gasteiger partial charge in [0.2, 0.25) is 11.8 Å². The van der Waals surface area contributed by atoms with Crippen molar-refractivity contribution < 1.29 is 9.21 Å². The molecule has 0 spiro atoms. The molecule has 0 saturated carbocycles. The van der Waals surface area contributed by atoms with Crippen LogP contribution in [0, 0.1) is 5.92 Å². The molecule has 1 aliphatic heterocycles. The highest BCUT2D eigenvalue weighted by atomic mass is 16.4. The van der Waals surface area contributed by atoms with Crippen LogP contribution in [0.3, 0.4) is 0 Å². The van der Waals surface area contributed by atoms with Crippen molar-refractivity contribution in [2.24, 2.45) is 5.92 Å². The fraction of sp³-hybridized carbons (Fsp3) is 0.500. The number of hydrogen-bond acceptors (Lipinski definition) is 5. The van der Waals surface area contributed by atoms with E-state index < -0.39 is 0 Å². The normalized spacial score (nSPS) is 15.5. The lowest BCUT2D eigenvalue weighted by Crippen LogP contribution is -2.42. The number of carbonyl (C=O) groups is 1. The molecular formula is C18H24N4O2. The lowest BCUT2D eigenvalue weighted by atomic mass is 9.95. The van der Waals surface area contributed by atoms with Gasteiger partial charge in [0, 0.05) is 37.7 Å². The van der Waals surface area contributed by atoms with Crippen molar-refractivity contribution >= 4 is 11.9 Å². The Labute approximate surface area is 142 Å². The summed E-state index contributed by atoms with van der Waals surface area (Å²) in [6, 6.07) is 10.3. The van der Waals surface area contributed by atoms with Crippen molar-refractivity contribution in [1.29, 1.82) is 0 Å². The summed E-state index contributed by atoms with van der Waals surface area (Å²) < 4.78 is 5.80. The summed E-state index contributed by atoms with van der Waals surface area (Å²) in [5, 5.41) is 8.30. The molecule has 3 rings (SSSR count). The highest BCUT2D eigenvalue weighted by Crippen LogP contribution is 2.26. The Hall–Kier alpha value is -2.37. The zero-order valence-corrected chi connectivity index (χ0v) is 14.3. The lowest BCUT2D eigenvalue weighted by Gasteiger charge is -2.32. The van der Waals surface area contributed by atoms with Crippen LogP contribution in [0.25, 0.3) is 11.5 Å². The fourth-order valence-electron chi connectivity index (χ4n) is 3.15. The second kappa shape index (κ2) is 7.47. The molecule has 0 radical (unpaired) electrons. The summed E-state index contributed by atoms with van der Waals surface area (Å²) >= 11 is 0. The van der Waals surface area contributed by atoms with Gasteiger partial charge in [-0.3, -0.25) is 4.79 Å². The van der Waals surface area contributed by atoms with E-state index in [1.54, 1.807) is 0 Å². The first-order valence-corrected chi connectivity index (χ1v) is 8.65. The maximum atomic E-state index is 12.4. The van der Waals surface area contributed by atoms with E-state index in [-0.39, 0.29) is 11.8 Å². The number of piperidine rings is 1. The molecule has 24 heavy (non-hydrogen) atoms. The van der Waals surface area contributed by atoms with Gasteiger partial charge >= 0.3 is 6.01 Å². The maximum Gasteiger partial charge on any atom is 0.318 e. The summed E-state index contributed by atoms with van der Waals surface area (Å²) in [5.41, 5.74) is 0.919. The standard InChI is InChI=1S/C18H24N4O2/c1-3-21(4-2)17(23)15-10-12-22(13-11-15)18-20-19-16(24-18)14-8-6-5-7-9-14/h5-9,15H,3-4,10-13H2,1-2H3. The number of anilines is 1. The smallest absolute Gasteiger partial charge is 0.318 e. The number of nitrogens with zero attached hydrogens (tertiary/aromatic N) is 4. The first-order valence-electron chi connectivity index (χ1n) is 8.65. The maximum absolute atomic E-state index is 12.4. The van der Waals surface area contributed by atoms with Gasteiger partial charge in [0.1, 0.15) is 0 Å². The van der Waals surface area contributed by atoms with Crippen LogP contribution in [0.1, 0.15) is 26.7 Å². The molecule has 1 aliphatic rings. The zero-order valence-electron chi connectivity index (χ0n) is 14.3. The predicted octanol–water partition coefficient (Wildman–Crippen LogP) is 2.82. The number of amides is 1. The molecule has 0 atom stereocenters. The van der Waals surface area contributed by atoms with Gasteiger partial charge in [-0.25, -0.2) is 0 Å². The van der Waals surface area contributed by atoms with E-state index in [1.807, 2.05) is 49.1 Å². The van der Waals surface area contributed by atoms with Crippen LogP contribution >= 0.6 is 0 Å². The molecule has 6 nitrogen and oxygen atoms in total. The summed E-state index contributed by atoms with van der Waals surface area (Å²) in [6.07, 6.45) is 1.66. The summed E-state index contributed by atoms with van der Waals surface area (Å²) in [7, 11) is 0. The Bertz CT molecular complexity index is 659. The van der Waals surface area contributed by atoms with E-state index in [1.165, 1.54) is 0 Å². The van der Waals surface area contributed by atoms with Gasteiger partial charge in [-0.05, 0) is 38.8 Å². The van der Waals surface area contributed by atoms with E-state index in [4.69, 9.17) is 4.42 Å². The minimum atomic E-state index is 0.109. The van der Waals surface area contributed by atoms with Gasteiger partial charge in [0.05, 0.1) is 0 Å². The van der Waals surface area contributed by atoms with Gasteiger partial charge < -0.3 is 14.2 Å². The Morgan fingerprint density at radius 3 is 2.46 bits per heavy atom. The van der Waals surface area contributed by atoms with Crippen molar-refractivity contribution in [2.45, 2.75) is 26.7 Å². The van der Waals surface area contributed by atoms with Crippen LogP contribution in [0.5, 0.6) is 0 Å². The van der Waals surface area contributed by atoms with Crippen molar-refractivity contribution in [3.05, 3.63) is 30.3 Å². The molecule has 1 aromatic carbocycles. The Morgan fingerprint density at radius 1 is 1.17 bits per heavy atom. The number of carbonyl (C=O) groups excluding carboxylic acids is 1. The molecule has 128 valence electrons. The van der Waals surface area contributed by atoms with Crippen LogP contribution in [0.15, 0.2) is 34.7 Å². The van der Waals surface area contributed by atoms with E-state index in [0.29, 0.717) is 11.9 Å². The summed E-state index contributed by atoms with van der Waals surface area (Å²) in [4.78, 5) is 16.4. The molecule has 0 bridgehead atoms. The molecule has 1 amide bonds. The highest BCUT2D eigenvalue weighted by Gasteiger charge is 2.29. The van der Waals surface area contributed by atoms with E-state index in [2.05, 4.69) is 15.1 Å². The second-order valence-corrected chi connectivity index (χ2v) is 6.03. The van der Waals surface area contributed by atoms with Crippen molar-refractivity contribution in [1.82, 2.24) is 15.1 Å². The van der Waals surface area contributed by atoms with E-state index >= 15 is 0 Å².